The highest BCUT2D eigenvalue weighted by molar-refractivity contribution is 6.30. The molecule has 4 rings (SSSR count). The van der Waals surface area contributed by atoms with E-state index in [0.717, 1.165) is 53.9 Å². The van der Waals surface area contributed by atoms with Crippen LogP contribution in [0.25, 0.3) is 0 Å². The van der Waals surface area contributed by atoms with E-state index in [1.54, 1.807) is 0 Å². The van der Waals surface area contributed by atoms with Crippen molar-refractivity contribution < 1.29 is 14.3 Å². The van der Waals surface area contributed by atoms with Gasteiger partial charge in [0.15, 0.2) is 0 Å². The number of carbonyl (C=O) groups excluding carboxylic acids is 1. The van der Waals surface area contributed by atoms with Crippen molar-refractivity contribution in [3.63, 3.8) is 0 Å². The summed E-state index contributed by atoms with van der Waals surface area (Å²) in [5.74, 6) is 1.90. The van der Waals surface area contributed by atoms with Crippen molar-refractivity contribution >= 4 is 17.5 Å². The van der Waals surface area contributed by atoms with E-state index in [-0.39, 0.29) is 11.5 Å². The van der Waals surface area contributed by atoms with Gasteiger partial charge >= 0.3 is 0 Å². The summed E-state index contributed by atoms with van der Waals surface area (Å²) in [7, 11) is 0. The number of hydrogen-bond acceptors (Lipinski definition) is 3. The molecule has 0 bridgehead atoms. The predicted molar refractivity (Wildman–Crippen MR) is 120 cm³/mol. The summed E-state index contributed by atoms with van der Waals surface area (Å²) in [5, 5.41) is 3.76. The summed E-state index contributed by atoms with van der Waals surface area (Å²) in [4.78, 5) is 12.0. The zero-order chi connectivity index (χ0) is 21.5. The lowest BCUT2D eigenvalue weighted by Gasteiger charge is -2.19. The SMILES string of the molecule is Cc1c(CCC(=O)NC2CC2)ccc(OCc2cc(Cl)cc3c2OC(C)(C)C3)c1C. The van der Waals surface area contributed by atoms with Gasteiger partial charge in [-0.15, -0.1) is 0 Å². The Morgan fingerprint density at radius 1 is 1.20 bits per heavy atom. The molecule has 0 unspecified atom stereocenters. The molecular formula is C25H30ClNO3. The van der Waals surface area contributed by atoms with Crippen LogP contribution in [0.2, 0.25) is 5.02 Å². The third-order valence-corrected chi connectivity index (χ3v) is 6.22. The van der Waals surface area contributed by atoms with Gasteiger partial charge in [0.1, 0.15) is 23.7 Å². The first-order valence-corrected chi connectivity index (χ1v) is 11.1. The second-order valence-corrected chi connectivity index (χ2v) is 9.63. The monoisotopic (exact) mass is 427 g/mol. The van der Waals surface area contributed by atoms with Crippen LogP contribution < -0.4 is 14.8 Å². The fourth-order valence-corrected chi connectivity index (χ4v) is 4.33. The van der Waals surface area contributed by atoms with Gasteiger partial charge in [0.25, 0.3) is 0 Å². The summed E-state index contributed by atoms with van der Waals surface area (Å²) < 4.78 is 12.3. The lowest BCUT2D eigenvalue weighted by atomic mass is 9.98. The minimum Gasteiger partial charge on any atom is -0.488 e. The molecule has 2 aromatic carbocycles. The molecule has 30 heavy (non-hydrogen) atoms. The second kappa shape index (κ2) is 8.14. The molecule has 1 saturated carbocycles. The van der Waals surface area contributed by atoms with E-state index < -0.39 is 0 Å². The van der Waals surface area contributed by atoms with Crippen molar-refractivity contribution in [2.24, 2.45) is 0 Å². The van der Waals surface area contributed by atoms with E-state index in [1.807, 2.05) is 18.2 Å². The number of ether oxygens (including phenoxy) is 2. The summed E-state index contributed by atoms with van der Waals surface area (Å²) >= 11 is 6.33. The van der Waals surface area contributed by atoms with E-state index in [0.29, 0.717) is 24.1 Å². The van der Waals surface area contributed by atoms with Gasteiger partial charge in [-0.25, -0.2) is 0 Å². The maximum absolute atomic E-state index is 12.0. The third kappa shape index (κ3) is 4.75. The minimum absolute atomic E-state index is 0.146. The summed E-state index contributed by atoms with van der Waals surface area (Å²) in [6.07, 6.45) is 4.36. The van der Waals surface area contributed by atoms with Crippen LogP contribution in [-0.4, -0.2) is 17.6 Å². The smallest absolute Gasteiger partial charge is 0.220 e. The molecule has 0 saturated heterocycles. The number of amides is 1. The molecule has 1 N–H and O–H groups in total. The molecule has 1 aliphatic carbocycles. The van der Waals surface area contributed by atoms with Gasteiger partial charge in [-0.3, -0.25) is 4.79 Å². The van der Waals surface area contributed by atoms with Crippen LogP contribution in [0.5, 0.6) is 11.5 Å². The largest absolute Gasteiger partial charge is 0.488 e. The summed E-state index contributed by atoms with van der Waals surface area (Å²) in [6, 6.07) is 8.41. The number of fused-ring (bicyclic) bond motifs is 1. The van der Waals surface area contributed by atoms with Crippen LogP contribution in [-0.2, 0) is 24.2 Å². The van der Waals surface area contributed by atoms with Crippen molar-refractivity contribution in [2.75, 3.05) is 0 Å². The highest BCUT2D eigenvalue weighted by Crippen LogP contribution is 2.40. The number of aryl methyl sites for hydroxylation is 1. The lowest BCUT2D eigenvalue weighted by molar-refractivity contribution is -0.121. The zero-order valence-corrected chi connectivity index (χ0v) is 19.0. The van der Waals surface area contributed by atoms with Crippen molar-refractivity contribution in [2.45, 2.75) is 78.0 Å². The lowest BCUT2D eigenvalue weighted by Crippen LogP contribution is -2.25. The first-order valence-electron chi connectivity index (χ1n) is 10.7. The average molecular weight is 428 g/mol. The number of carbonyl (C=O) groups is 1. The van der Waals surface area contributed by atoms with Crippen molar-refractivity contribution in [3.05, 3.63) is 57.1 Å². The molecule has 1 aliphatic heterocycles. The third-order valence-electron chi connectivity index (χ3n) is 6.00. The predicted octanol–water partition coefficient (Wildman–Crippen LogP) is 5.46. The molecule has 0 atom stereocenters. The Kier molecular flexibility index (Phi) is 5.71. The number of rotatable bonds is 7. The van der Waals surface area contributed by atoms with Gasteiger partial charge in [0, 0.05) is 29.5 Å². The maximum atomic E-state index is 12.0. The average Bonchev–Trinajstić information content (AvgIpc) is 3.42. The number of hydrogen-bond donors (Lipinski definition) is 1. The van der Waals surface area contributed by atoms with E-state index in [9.17, 15) is 4.79 Å². The molecular weight excluding hydrogens is 398 g/mol. The number of nitrogens with one attached hydrogen (secondary N) is 1. The fraction of sp³-hybridized carbons (Fsp3) is 0.480. The van der Waals surface area contributed by atoms with Gasteiger partial charge in [0.05, 0.1) is 0 Å². The zero-order valence-electron chi connectivity index (χ0n) is 18.2. The van der Waals surface area contributed by atoms with Crippen LogP contribution in [0.1, 0.15) is 60.9 Å². The van der Waals surface area contributed by atoms with E-state index in [2.05, 4.69) is 39.1 Å². The number of benzene rings is 2. The molecule has 1 fully saturated rings. The molecule has 0 aromatic heterocycles. The highest BCUT2D eigenvalue weighted by Gasteiger charge is 2.32. The molecule has 160 valence electrons. The molecule has 1 amide bonds. The molecule has 2 aromatic rings. The van der Waals surface area contributed by atoms with Crippen LogP contribution >= 0.6 is 11.6 Å². The topological polar surface area (TPSA) is 47.6 Å². The van der Waals surface area contributed by atoms with Gasteiger partial charge in [-0.1, -0.05) is 17.7 Å². The molecule has 1 heterocycles. The van der Waals surface area contributed by atoms with Crippen LogP contribution in [0.15, 0.2) is 24.3 Å². The second-order valence-electron chi connectivity index (χ2n) is 9.19. The van der Waals surface area contributed by atoms with Crippen molar-refractivity contribution in [3.8, 4) is 11.5 Å². The molecule has 0 radical (unpaired) electrons. The van der Waals surface area contributed by atoms with Crippen molar-refractivity contribution in [1.82, 2.24) is 5.32 Å². The fourth-order valence-electron chi connectivity index (χ4n) is 4.06. The minimum atomic E-state index is -0.221. The normalized spacial score (nSPS) is 16.7. The Balaban J connectivity index is 1.43. The first kappa shape index (κ1) is 21.0. The van der Waals surface area contributed by atoms with Gasteiger partial charge in [0.2, 0.25) is 5.91 Å². The Morgan fingerprint density at radius 3 is 2.70 bits per heavy atom. The van der Waals surface area contributed by atoms with E-state index in [4.69, 9.17) is 21.1 Å². The number of halogens is 1. The first-order chi connectivity index (χ1) is 14.2. The van der Waals surface area contributed by atoms with Crippen LogP contribution in [0.4, 0.5) is 0 Å². The van der Waals surface area contributed by atoms with Crippen molar-refractivity contribution in [1.29, 1.82) is 0 Å². The molecule has 5 heteroatoms. The highest BCUT2D eigenvalue weighted by atomic mass is 35.5. The summed E-state index contributed by atoms with van der Waals surface area (Å²) in [5.41, 5.74) is 5.37. The Hall–Kier alpha value is -2.20. The van der Waals surface area contributed by atoms with Crippen LogP contribution in [0, 0.1) is 13.8 Å². The van der Waals surface area contributed by atoms with Gasteiger partial charge in [-0.2, -0.15) is 0 Å². The molecule has 2 aliphatic rings. The van der Waals surface area contributed by atoms with E-state index >= 15 is 0 Å². The molecule has 4 nitrogen and oxygen atoms in total. The maximum Gasteiger partial charge on any atom is 0.220 e. The quantitative estimate of drug-likeness (QED) is 0.638. The van der Waals surface area contributed by atoms with E-state index in [1.165, 1.54) is 11.1 Å². The Morgan fingerprint density at radius 2 is 1.97 bits per heavy atom. The molecule has 0 spiro atoms. The van der Waals surface area contributed by atoms with Gasteiger partial charge < -0.3 is 14.8 Å². The van der Waals surface area contributed by atoms with Gasteiger partial charge in [-0.05, 0) is 87.4 Å². The Labute approximate surface area is 183 Å². The Bertz CT molecular complexity index is 979. The standard InChI is InChI=1S/C25H30ClNO3/c1-15-16(2)22(9-5-17(15)6-10-23(28)27-21-7-8-21)29-14-19-12-20(26)11-18-13-25(3,4)30-24(18)19/h5,9,11-12,21H,6-8,10,13-14H2,1-4H3,(H,27,28). The van der Waals surface area contributed by atoms with Crippen LogP contribution in [0.3, 0.4) is 0 Å². The summed E-state index contributed by atoms with van der Waals surface area (Å²) in [6.45, 7) is 8.74.